The minimum absolute atomic E-state index is 0.0270. The summed E-state index contributed by atoms with van der Waals surface area (Å²) >= 11 is 5.91. The predicted molar refractivity (Wildman–Crippen MR) is 106 cm³/mol. The number of piperidine rings is 1. The van der Waals surface area contributed by atoms with Crippen LogP contribution in [0.2, 0.25) is 5.02 Å². The van der Waals surface area contributed by atoms with E-state index in [1.165, 1.54) is 0 Å². The Bertz CT molecular complexity index is 796. The summed E-state index contributed by atoms with van der Waals surface area (Å²) in [5.74, 6) is 1.17. The zero-order valence-corrected chi connectivity index (χ0v) is 16.7. The quantitative estimate of drug-likeness (QED) is 0.795. The maximum Gasteiger partial charge on any atom is 0.318 e. The Morgan fingerprint density at radius 3 is 2.64 bits per heavy atom. The average Bonchev–Trinajstić information content (AvgIpc) is 3.16. The number of hydrogen-bond donors (Lipinski definition) is 1. The molecule has 2 aromatic rings. The van der Waals surface area contributed by atoms with Gasteiger partial charge in [-0.05, 0) is 55.9 Å². The Labute approximate surface area is 169 Å². The first-order chi connectivity index (χ1) is 13.6. The number of nitrogens with zero attached hydrogens (tertiary/aromatic N) is 3. The van der Waals surface area contributed by atoms with Crippen molar-refractivity contribution in [1.82, 2.24) is 15.5 Å². The summed E-state index contributed by atoms with van der Waals surface area (Å²) in [6, 6.07) is 7.97. The van der Waals surface area contributed by atoms with Gasteiger partial charge in [0.25, 0.3) is 0 Å². The Hall–Kier alpha value is -2.12. The summed E-state index contributed by atoms with van der Waals surface area (Å²) in [6.45, 7) is 3.88. The van der Waals surface area contributed by atoms with Crippen LogP contribution in [0.4, 0.5) is 6.01 Å². The van der Waals surface area contributed by atoms with Crippen LogP contribution in [0.15, 0.2) is 28.7 Å². The van der Waals surface area contributed by atoms with Crippen LogP contribution in [0.25, 0.3) is 11.5 Å². The molecule has 1 aromatic carbocycles. The van der Waals surface area contributed by atoms with Crippen molar-refractivity contribution in [2.24, 2.45) is 5.92 Å². The van der Waals surface area contributed by atoms with Gasteiger partial charge in [0.1, 0.15) is 6.61 Å². The SMILES string of the molecule is CC1CC(OCC(=O)NC2CCN(c3nnc(-c4ccc(Cl)cc4)o3)CC2)C1. The second kappa shape index (κ2) is 8.49. The molecule has 1 amide bonds. The Balaban J connectivity index is 1.23. The topological polar surface area (TPSA) is 80.5 Å². The third-order valence-electron chi connectivity index (χ3n) is 5.42. The maximum absolute atomic E-state index is 12.1. The zero-order valence-electron chi connectivity index (χ0n) is 15.9. The van der Waals surface area contributed by atoms with E-state index in [9.17, 15) is 4.79 Å². The van der Waals surface area contributed by atoms with Gasteiger partial charge < -0.3 is 19.4 Å². The number of amides is 1. The van der Waals surface area contributed by atoms with Gasteiger partial charge in [-0.1, -0.05) is 23.6 Å². The molecule has 0 atom stereocenters. The number of ether oxygens (including phenoxy) is 1. The van der Waals surface area contributed by atoms with Crippen LogP contribution in [0.1, 0.15) is 32.6 Å². The van der Waals surface area contributed by atoms with Crippen molar-refractivity contribution < 1.29 is 13.9 Å². The number of carbonyl (C=O) groups excluding carboxylic acids is 1. The van der Waals surface area contributed by atoms with Crippen molar-refractivity contribution in [2.45, 2.75) is 44.8 Å². The summed E-state index contributed by atoms with van der Waals surface area (Å²) in [7, 11) is 0. The molecule has 1 aromatic heterocycles. The molecule has 0 unspecified atom stereocenters. The first-order valence-corrected chi connectivity index (χ1v) is 10.2. The lowest BCUT2D eigenvalue weighted by Crippen LogP contribution is -2.46. The molecule has 1 aliphatic carbocycles. The van der Waals surface area contributed by atoms with Crippen LogP contribution in [0, 0.1) is 5.92 Å². The van der Waals surface area contributed by atoms with Crippen molar-refractivity contribution in [3.63, 3.8) is 0 Å². The highest BCUT2D eigenvalue weighted by molar-refractivity contribution is 6.30. The van der Waals surface area contributed by atoms with E-state index in [0.29, 0.717) is 16.9 Å². The molecule has 1 saturated heterocycles. The molecule has 28 heavy (non-hydrogen) atoms. The lowest BCUT2D eigenvalue weighted by atomic mass is 9.84. The van der Waals surface area contributed by atoms with Crippen molar-refractivity contribution in [3.8, 4) is 11.5 Å². The van der Waals surface area contributed by atoms with E-state index in [4.69, 9.17) is 20.8 Å². The van der Waals surface area contributed by atoms with Gasteiger partial charge in [-0.15, -0.1) is 5.10 Å². The van der Waals surface area contributed by atoms with Gasteiger partial charge in [0.15, 0.2) is 0 Å². The highest BCUT2D eigenvalue weighted by Gasteiger charge is 2.28. The lowest BCUT2D eigenvalue weighted by Gasteiger charge is -2.33. The highest BCUT2D eigenvalue weighted by Crippen LogP contribution is 2.29. The van der Waals surface area contributed by atoms with Crippen molar-refractivity contribution >= 4 is 23.5 Å². The molecule has 0 spiro atoms. The standard InChI is InChI=1S/C20H25ClN4O3/c1-13-10-17(11-13)27-12-18(26)22-16-6-8-25(9-7-16)20-24-23-19(28-20)14-2-4-15(21)5-3-14/h2-5,13,16-17H,6-12H2,1H3,(H,22,26). The van der Waals surface area contributed by atoms with E-state index in [2.05, 4.69) is 27.3 Å². The number of aromatic nitrogens is 2. The molecule has 7 nitrogen and oxygen atoms in total. The highest BCUT2D eigenvalue weighted by atomic mass is 35.5. The molecule has 150 valence electrons. The molecule has 2 heterocycles. The fraction of sp³-hybridized carbons (Fsp3) is 0.550. The summed E-state index contributed by atoms with van der Waals surface area (Å²) in [6.07, 6.45) is 4.06. The number of benzene rings is 1. The summed E-state index contributed by atoms with van der Waals surface area (Å²) in [4.78, 5) is 14.1. The summed E-state index contributed by atoms with van der Waals surface area (Å²) in [5, 5.41) is 12.0. The Kier molecular flexibility index (Phi) is 5.82. The first-order valence-electron chi connectivity index (χ1n) is 9.82. The van der Waals surface area contributed by atoms with Crippen LogP contribution in [0.3, 0.4) is 0 Å². The van der Waals surface area contributed by atoms with E-state index in [1.54, 1.807) is 12.1 Å². The number of halogens is 1. The second-order valence-corrected chi connectivity index (χ2v) is 8.17. The van der Waals surface area contributed by atoms with E-state index in [1.807, 2.05) is 12.1 Å². The molecule has 0 bridgehead atoms. The summed E-state index contributed by atoms with van der Waals surface area (Å²) < 4.78 is 11.4. The molecule has 4 rings (SSSR count). The van der Waals surface area contributed by atoms with Gasteiger partial charge in [-0.25, -0.2) is 0 Å². The molecule has 2 fully saturated rings. The number of hydrogen-bond acceptors (Lipinski definition) is 6. The van der Waals surface area contributed by atoms with E-state index in [-0.39, 0.29) is 24.7 Å². The van der Waals surface area contributed by atoms with Gasteiger partial charge >= 0.3 is 6.01 Å². The van der Waals surface area contributed by atoms with Crippen molar-refractivity contribution in [2.75, 3.05) is 24.6 Å². The molecular weight excluding hydrogens is 380 g/mol. The number of anilines is 1. The number of nitrogens with one attached hydrogen (secondary N) is 1. The fourth-order valence-electron chi connectivity index (χ4n) is 3.70. The third kappa shape index (κ3) is 4.64. The molecule has 0 radical (unpaired) electrons. The first kappa shape index (κ1) is 19.2. The average molecular weight is 405 g/mol. The molecule has 1 aliphatic heterocycles. The minimum atomic E-state index is -0.0270. The lowest BCUT2D eigenvalue weighted by molar-refractivity contribution is -0.131. The van der Waals surface area contributed by atoms with Crippen LogP contribution >= 0.6 is 11.6 Å². The minimum Gasteiger partial charge on any atom is -0.403 e. The van der Waals surface area contributed by atoms with Crippen LogP contribution in [-0.4, -0.2) is 47.9 Å². The largest absolute Gasteiger partial charge is 0.403 e. The van der Waals surface area contributed by atoms with Gasteiger partial charge in [-0.3, -0.25) is 4.79 Å². The number of carbonyl (C=O) groups is 1. The maximum atomic E-state index is 12.1. The molecule has 2 aliphatic rings. The zero-order chi connectivity index (χ0) is 19.5. The Morgan fingerprint density at radius 1 is 1.25 bits per heavy atom. The predicted octanol–water partition coefficient (Wildman–Crippen LogP) is 3.29. The van der Waals surface area contributed by atoms with E-state index in [0.717, 1.165) is 50.3 Å². The van der Waals surface area contributed by atoms with Gasteiger partial charge in [-0.2, -0.15) is 0 Å². The van der Waals surface area contributed by atoms with Gasteiger partial charge in [0.2, 0.25) is 11.8 Å². The van der Waals surface area contributed by atoms with Crippen molar-refractivity contribution in [1.29, 1.82) is 0 Å². The van der Waals surface area contributed by atoms with Crippen LogP contribution < -0.4 is 10.2 Å². The second-order valence-electron chi connectivity index (χ2n) is 7.74. The third-order valence-corrected chi connectivity index (χ3v) is 5.67. The van der Waals surface area contributed by atoms with Crippen molar-refractivity contribution in [3.05, 3.63) is 29.3 Å². The smallest absolute Gasteiger partial charge is 0.318 e. The van der Waals surface area contributed by atoms with E-state index < -0.39 is 0 Å². The van der Waals surface area contributed by atoms with E-state index >= 15 is 0 Å². The monoisotopic (exact) mass is 404 g/mol. The summed E-state index contributed by atoms with van der Waals surface area (Å²) in [5.41, 5.74) is 0.839. The molecule has 1 N–H and O–H groups in total. The van der Waals surface area contributed by atoms with Crippen LogP contribution in [0.5, 0.6) is 0 Å². The molecule has 8 heteroatoms. The molecular formula is C20H25ClN4O3. The fourth-order valence-corrected chi connectivity index (χ4v) is 3.82. The number of rotatable bonds is 6. The van der Waals surface area contributed by atoms with Gasteiger partial charge in [0.05, 0.1) is 6.10 Å². The van der Waals surface area contributed by atoms with Crippen LogP contribution in [-0.2, 0) is 9.53 Å². The Morgan fingerprint density at radius 2 is 1.96 bits per heavy atom. The molecule has 1 saturated carbocycles. The van der Waals surface area contributed by atoms with Gasteiger partial charge in [0, 0.05) is 29.7 Å². The normalized spacial score (nSPS) is 22.7.